The van der Waals surface area contributed by atoms with E-state index < -0.39 is 13.2 Å². The first kappa shape index (κ1) is 12.5. The number of pyridine rings is 1. The molecule has 3 aromatic carbocycles. The van der Waals surface area contributed by atoms with Gasteiger partial charge < -0.3 is 4.42 Å². The van der Waals surface area contributed by atoms with E-state index in [-0.39, 0.29) is 11.1 Å². The Labute approximate surface area is 175 Å². The fourth-order valence-corrected chi connectivity index (χ4v) is 3.51. The third-order valence-corrected chi connectivity index (χ3v) is 4.88. The van der Waals surface area contributed by atoms with Crippen molar-refractivity contribution in [2.75, 3.05) is 0 Å². The van der Waals surface area contributed by atoms with Crippen molar-refractivity contribution < 1.29 is 11.3 Å². The summed E-state index contributed by atoms with van der Waals surface area (Å²) in [7, 11) is 0. The fourth-order valence-electron chi connectivity index (χ4n) is 3.51. The number of para-hydroxylation sites is 1. The molecule has 0 amide bonds. The first-order valence-electron chi connectivity index (χ1n) is 11.6. The van der Waals surface area contributed by atoms with E-state index in [2.05, 4.69) is 11.1 Å². The maximum Gasteiger partial charge on any atom is 0.146 e. The van der Waals surface area contributed by atoms with E-state index in [1.165, 1.54) is 12.3 Å². The molecule has 138 valence electrons. The number of fused-ring (bicyclic) bond motifs is 3. The topological polar surface area (TPSA) is 49.8 Å². The minimum absolute atomic E-state index is 0.0114. The molecule has 0 radical (unpaired) electrons. The summed E-state index contributed by atoms with van der Waals surface area (Å²) in [6.07, 6.45) is -0.868. The molecule has 2 heterocycles. The van der Waals surface area contributed by atoms with Crippen LogP contribution in [-0.4, -0.2) is 4.98 Å². The molecule has 0 atom stereocenters. The minimum atomic E-state index is -2.55. The van der Waals surface area contributed by atoms with Gasteiger partial charge in [0.25, 0.3) is 0 Å². The Morgan fingerprint density at radius 1 is 1.07 bits per heavy atom. The molecular weight excluding hydrogens is 356 g/mol. The molecule has 0 aliphatic rings. The monoisotopic (exact) mass is 379 g/mol. The highest BCUT2D eigenvalue weighted by Crippen LogP contribution is 2.37. The predicted octanol–water partition coefficient (Wildman–Crippen LogP) is 6.42. The van der Waals surface area contributed by atoms with Gasteiger partial charge in [-0.05, 0) is 54.2 Å². The average Bonchev–Trinajstić information content (AvgIpc) is 3.23. The number of benzene rings is 3. The summed E-state index contributed by atoms with van der Waals surface area (Å²) in [6, 6.07) is 22.9. The Morgan fingerprint density at radius 2 is 1.90 bits per heavy atom. The van der Waals surface area contributed by atoms with Gasteiger partial charge in [0.2, 0.25) is 0 Å². The number of aromatic nitrogens is 1. The van der Waals surface area contributed by atoms with Crippen LogP contribution in [0, 0.1) is 18.2 Å². The normalized spacial score (nSPS) is 14.5. The molecule has 0 aliphatic carbocycles. The number of hydrogen-bond donors (Lipinski definition) is 0. The lowest BCUT2D eigenvalue weighted by molar-refractivity contribution is 0.669. The summed E-state index contributed by atoms with van der Waals surface area (Å²) in [5.74, 6) is 0. The lowest BCUT2D eigenvalue weighted by atomic mass is 9.97. The molecule has 0 saturated carbocycles. The summed E-state index contributed by atoms with van der Waals surface area (Å²) < 4.78 is 47.6. The summed E-state index contributed by atoms with van der Waals surface area (Å²) in [6.45, 7) is -2.55. The molecular formula is C26H18N2O. The maximum atomic E-state index is 9.66. The maximum absolute atomic E-state index is 9.66. The van der Waals surface area contributed by atoms with Gasteiger partial charge in [-0.1, -0.05) is 48.5 Å². The quantitative estimate of drug-likeness (QED) is 0.363. The van der Waals surface area contributed by atoms with Gasteiger partial charge in [-0.25, -0.2) is 0 Å². The molecule has 3 nitrogen and oxygen atoms in total. The SMILES string of the molecule is [2H]C([2H])([2H])c1cnc(-c2ccc(C#N)c3c2oc2ccccc23)cc1C([2H])([2H])c1ccccc1. The zero-order valence-corrected chi connectivity index (χ0v) is 15.3. The first-order chi connectivity index (χ1) is 16.2. The molecule has 0 unspecified atom stereocenters. The molecule has 0 spiro atoms. The van der Waals surface area contributed by atoms with Crippen molar-refractivity contribution in [1.29, 1.82) is 5.26 Å². The van der Waals surface area contributed by atoms with Gasteiger partial charge in [0.05, 0.1) is 17.3 Å². The third kappa shape index (κ3) is 2.96. The van der Waals surface area contributed by atoms with Gasteiger partial charge in [0.15, 0.2) is 0 Å². The lowest BCUT2D eigenvalue weighted by Crippen LogP contribution is -1.95. The highest BCUT2D eigenvalue weighted by Gasteiger charge is 2.17. The van der Waals surface area contributed by atoms with E-state index in [0.717, 1.165) is 5.39 Å². The molecule has 5 aromatic rings. The van der Waals surface area contributed by atoms with Crippen LogP contribution in [0.2, 0.25) is 0 Å². The number of rotatable bonds is 3. The molecule has 0 saturated heterocycles. The van der Waals surface area contributed by atoms with Crippen LogP contribution in [0.5, 0.6) is 0 Å². The summed E-state index contributed by atoms with van der Waals surface area (Å²) >= 11 is 0. The van der Waals surface area contributed by atoms with Crippen molar-refractivity contribution in [3.05, 3.63) is 101 Å². The second-order valence-corrected chi connectivity index (χ2v) is 6.68. The van der Waals surface area contributed by atoms with E-state index in [4.69, 9.17) is 11.3 Å². The van der Waals surface area contributed by atoms with Crippen LogP contribution in [0.4, 0.5) is 0 Å². The van der Waals surface area contributed by atoms with E-state index >= 15 is 0 Å². The van der Waals surface area contributed by atoms with Gasteiger partial charge in [0.1, 0.15) is 11.2 Å². The van der Waals surface area contributed by atoms with Crippen LogP contribution in [-0.2, 0) is 6.37 Å². The molecule has 0 fully saturated rings. The fraction of sp³-hybridized carbons (Fsp3) is 0.0769. The zero-order chi connectivity index (χ0) is 24.1. The molecule has 5 rings (SSSR count). The summed E-state index contributed by atoms with van der Waals surface area (Å²) in [5.41, 5.74) is 2.61. The largest absolute Gasteiger partial charge is 0.455 e. The van der Waals surface area contributed by atoms with Crippen LogP contribution in [0.1, 0.15) is 29.1 Å². The third-order valence-electron chi connectivity index (χ3n) is 4.88. The standard InChI is InChI=1S/C26H18N2O/c1-17-16-28-23(14-20(17)13-18-7-3-2-4-8-18)21-12-11-19(15-27)25-22-9-5-6-10-24(22)29-26(21)25/h2-12,14,16H,13H2,1H3/i1D3,13D2. The second-order valence-electron chi connectivity index (χ2n) is 6.68. The summed E-state index contributed by atoms with van der Waals surface area (Å²) in [4.78, 5) is 4.39. The van der Waals surface area contributed by atoms with Gasteiger partial charge in [-0.2, -0.15) is 5.26 Å². The Balaban J connectivity index is 1.80. The number of aryl methyl sites for hydroxylation is 1. The first-order valence-corrected chi connectivity index (χ1v) is 9.13. The molecule has 2 aromatic heterocycles. The van der Waals surface area contributed by atoms with Crippen molar-refractivity contribution in [3.63, 3.8) is 0 Å². The van der Waals surface area contributed by atoms with Crippen molar-refractivity contribution >= 4 is 21.9 Å². The molecule has 0 bridgehead atoms. The highest BCUT2D eigenvalue weighted by molar-refractivity contribution is 6.11. The van der Waals surface area contributed by atoms with Crippen LogP contribution in [0.15, 0.2) is 83.4 Å². The van der Waals surface area contributed by atoms with Crippen molar-refractivity contribution in [2.24, 2.45) is 0 Å². The van der Waals surface area contributed by atoms with Crippen LogP contribution >= 0.6 is 0 Å². The lowest BCUT2D eigenvalue weighted by Gasteiger charge is -2.09. The molecule has 0 aliphatic heterocycles. The minimum Gasteiger partial charge on any atom is -0.455 e. The Hall–Kier alpha value is -3.90. The summed E-state index contributed by atoms with van der Waals surface area (Å²) in [5, 5.41) is 11.1. The Kier molecular flexibility index (Phi) is 2.99. The zero-order valence-electron chi connectivity index (χ0n) is 20.3. The van der Waals surface area contributed by atoms with Gasteiger partial charge in [-0.3, -0.25) is 4.98 Å². The molecule has 29 heavy (non-hydrogen) atoms. The number of nitrogens with zero attached hydrogens (tertiary/aromatic N) is 2. The van der Waals surface area contributed by atoms with Crippen molar-refractivity contribution in [3.8, 4) is 17.3 Å². The molecule has 3 heteroatoms. The van der Waals surface area contributed by atoms with Crippen molar-refractivity contribution in [1.82, 2.24) is 4.98 Å². The number of nitriles is 1. The number of furan rings is 1. The average molecular weight is 379 g/mol. The van der Waals surface area contributed by atoms with Crippen LogP contribution < -0.4 is 0 Å². The van der Waals surface area contributed by atoms with Gasteiger partial charge in [0, 0.05) is 29.4 Å². The second kappa shape index (κ2) is 6.92. The van der Waals surface area contributed by atoms with E-state index in [9.17, 15) is 5.26 Å². The molecule has 0 N–H and O–H groups in total. The van der Waals surface area contributed by atoms with E-state index in [0.29, 0.717) is 38.9 Å². The smallest absolute Gasteiger partial charge is 0.146 e. The Morgan fingerprint density at radius 3 is 2.72 bits per heavy atom. The van der Waals surface area contributed by atoms with E-state index in [1.54, 1.807) is 42.5 Å². The van der Waals surface area contributed by atoms with Gasteiger partial charge >= 0.3 is 0 Å². The van der Waals surface area contributed by atoms with Crippen LogP contribution in [0.3, 0.4) is 0 Å². The highest BCUT2D eigenvalue weighted by atomic mass is 16.3. The van der Waals surface area contributed by atoms with E-state index in [1.807, 2.05) is 24.3 Å². The Bertz CT molecular complexity index is 1580. The van der Waals surface area contributed by atoms with Gasteiger partial charge in [-0.15, -0.1) is 0 Å². The number of hydrogen-bond acceptors (Lipinski definition) is 3. The predicted molar refractivity (Wildman–Crippen MR) is 116 cm³/mol. The van der Waals surface area contributed by atoms with Crippen molar-refractivity contribution in [2.45, 2.75) is 13.2 Å². The van der Waals surface area contributed by atoms with Crippen LogP contribution in [0.25, 0.3) is 33.2 Å².